The summed E-state index contributed by atoms with van der Waals surface area (Å²) in [6.07, 6.45) is 0. The molecule has 0 bridgehead atoms. The Kier molecular flexibility index (Phi) is 4.08. The molecule has 0 unspecified atom stereocenters. The quantitative estimate of drug-likeness (QED) is 0.664. The van der Waals surface area contributed by atoms with E-state index in [9.17, 15) is 23.1 Å². The number of hydrogen-bond donors (Lipinski definition) is 1. The molecule has 8 heteroatoms. The minimum atomic E-state index is -4.62. The molecule has 0 aromatic heterocycles. The number of halogens is 3. The van der Waals surface area contributed by atoms with Crippen LogP contribution in [0.1, 0.15) is 15.9 Å². The number of carbonyl (C=O) groups is 1. The summed E-state index contributed by atoms with van der Waals surface area (Å²) in [6.45, 7) is 0. The number of ether oxygens (including phenoxy) is 1. The third kappa shape index (κ3) is 3.07. The number of rotatable bonds is 2. The maximum absolute atomic E-state index is 12.3. The molecule has 0 spiro atoms. The lowest BCUT2D eigenvalue weighted by Crippen LogP contribution is -2.08. The first-order valence-corrected chi connectivity index (χ1v) is 5.22. The molecule has 0 amide bonds. The first-order chi connectivity index (χ1) is 8.30. The van der Waals surface area contributed by atoms with Gasteiger partial charge in [0.25, 0.3) is 0 Å². The van der Waals surface area contributed by atoms with Gasteiger partial charge in [-0.05, 0) is 23.9 Å². The van der Waals surface area contributed by atoms with Gasteiger partial charge in [0.05, 0.1) is 12.7 Å². The summed E-state index contributed by atoms with van der Waals surface area (Å²) in [5.41, 5.74) is -5.59. The second-order valence-electron chi connectivity index (χ2n) is 2.99. The number of carbonyl (C=O) groups excluding carboxylic acids is 1. The summed E-state index contributed by atoms with van der Waals surface area (Å²) in [4.78, 5) is 10.8. The number of benzene rings is 1. The average Bonchev–Trinajstić information content (AvgIpc) is 2.26. The van der Waals surface area contributed by atoms with Crippen molar-refractivity contribution in [1.29, 1.82) is 5.26 Å². The molecule has 0 saturated heterocycles. The highest BCUT2D eigenvalue weighted by molar-refractivity contribution is 8.00. The highest BCUT2D eigenvalue weighted by Gasteiger charge is 2.33. The molecule has 0 fully saturated rings. The second kappa shape index (κ2) is 5.18. The number of alkyl halides is 3. The van der Waals surface area contributed by atoms with Gasteiger partial charge in [-0.3, -0.25) is 0 Å². The monoisotopic (exact) mass is 277 g/mol. The van der Waals surface area contributed by atoms with Crippen molar-refractivity contribution >= 4 is 17.7 Å². The van der Waals surface area contributed by atoms with Crippen LogP contribution in [0.5, 0.6) is 5.75 Å². The summed E-state index contributed by atoms with van der Waals surface area (Å²) < 4.78 is 41.1. The number of nitrogens with zero attached hydrogens (tertiary/aromatic N) is 1. The topological polar surface area (TPSA) is 70.3 Å². The number of hydrogen-bond acceptors (Lipinski definition) is 5. The Bertz CT molecular complexity index is 522. The molecule has 0 atom stereocenters. The number of esters is 1. The van der Waals surface area contributed by atoms with Gasteiger partial charge < -0.3 is 9.84 Å². The van der Waals surface area contributed by atoms with Crippen LogP contribution in [0.3, 0.4) is 0 Å². The summed E-state index contributed by atoms with van der Waals surface area (Å²) in [6, 6.07) is 3.49. The van der Waals surface area contributed by atoms with Crippen LogP contribution in [0.2, 0.25) is 0 Å². The molecule has 0 aliphatic heterocycles. The van der Waals surface area contributed by atoms with E-state index in [4.69, 9.17) is 5.26 Å². The molecule has 1 aromatic carbocycles. The van der Waals surface area contributed by atoms with E-state index in [1.165, 1.54) is 0 Å². The van der Waals surface area contributed by atoms with Crippen LogP contribution in [0.15, 0.2) is 17.0 Å². The molecule has 0 heterocycles. The van der Waals surface area contributed by atoms with Gasteiger partial charge in [-0.25, -0.2) is 4.79 Å². The molecule has 1 aromatic rings. The number of aromatic hydroxyl groups is 1. The van der Waals surface area contributed by atoms with Crippen molar-refractivity contribution < 1.29 is 27.8 Å². The Morgan fingerprint density at radius 3 is 2.56 bits per heavy atom. The zero-order chi connectivity index (χ0) is 13.9. The van der Waals surface area contributed by atoms with Crippen LogP contribution in [-0.2, 0) is 4.74 Å². The molecule has 0 saturated carbocycles. The Labute approximate surface area is 104 Å². The van der Waals surface area contributed by atoms with E-state index in [-0.39, 0.29) is 5.56 Å². The Hall–Kier alpha value is -1.88. The van der Waals surface area contributed by atoms with E-state index in [0.717, 1.165) is 19.2 Å². The number of methoxy groups -OCH3 is 1. The summed E-state index contributed by atoms with van der Waals surface area (Å²) in [5.74, 6) is -1.96. The Morgan fingerprint density at radius 2 is 2.11 bits per heavy atom. The minimum absolute atomic E-state index is 0.304. The molecule has 1 N–H and O–H groups in total. The number of phenolic OH excluding ortho intramolecular Hbond substituents is 1. The molecule has 4 nitrogen and oxygen atoms in total. The van der Waals surface area contributed by atoms with E-state index in [2.05, 4.69) is 4.74 Å². The minimum Gasteiger partial charge on any atom is -0.506 e. The van der Waals surface area contributed by atoms with Gasteiger partial charge in [0, 0.05) is 4.90 Å². The van der Waals surface area contributed by atoms with E-state index >= 15 is 0 Å². The van der Waals surface area contributed by atoms with Crippen molar-refractivity contribution in [2.75, 3.05) is 7.11 Å². The standard InChI is InChI=1S/C10H6F3NO3S/c1-17-9(16)7-6(18-10(11,12)13)3-2-5(4-14)8(7)15/h2-3,15H,1H3. The van der Waals surface area contributed by atoms with E-state index in [1.807, 2.05) is 0 Å². The SMILES string of the molecule is COC(=O)c1c(SC(F)(F)F)ccc(C#N)c1O. The number of thioether (sulfide) groups is 1. The van der Waals surface area contributed by atoms with Gasteiger partial charge in [-0.15, -0.1) is 0 Å². The van der Waals surface area contributed by atoms with Crippen LogP contribution in [0, 0.1) is 11.3 Å². The summed E-state index contributed by atoms with van der Waals surface area (Å²) in [5, 5.41) is 18.2. The maximum atomic E-state index is 12.3. The average molecular weight is 277 g/mol. The number of phenols is 1. The van der Waals surface area contributed by atoms with Crippen molar-refractivity contribution in [2.45, 2.75) is 10.4 Å². The van der Waals surface area contributed by atoms with E-state index in [1.54, 1.807) is 6.07 Å². The largest absolute Gasteiger partial charge is 0.506 e. The Balaban J connectivity index is 3.40. The highest BCUT2D eigenvalue weighted by Crippen LogP contribution is 2.41. The third-order valence-corrected chi connectivity index (χ3v) is 2.67. The molecule has 0 aliphatic rings. The van der Waals surface area contributed by atoms with Crippen molar-refractivity contribution in [2.24, 2.45) is 0 Å². The van der Waals surface area contributed by atoms with Crippen molar-refractivity contribution in [3.63, 3.8) is 0 Å². The normalized spacial score (nSPS) is 10.8. The summed E-state index contributed by atoms with van der Waals surface area (Å²) >= 11 is -0.566. The van der Waals surface area contributed by atoms with E-state index < -0.39 is 39.4 Å². The highest BCUT2D eigenvalue weighted by atomic mass is 32.2. The van der Waals surface area contributed by atoms with Gasteiger partial charge in [-0.2, -0.15) is 18.4 Å². The second-order valence-corrected chi connectivity index (χ2v) is 4.09. The fourth-order valence-corrected chi connectivity index (χ4v) is 1.84. The van der Waals surface area contributed by atoms with Crippen molar-refractivity contribution in [3.8, 4) is 11.8 Å². The van der Waals surface area contributed by atoms with Gasteiger partial charge in [0.1, 0.15) is 17.4 Å². The smallest absolute Gasteiger partial charge is 0.446 e. The molecule has 18 heavy (non-hydrogen) atoms. The lowest BCUT2D eigenvalue weighted by Gasteiger charge is -2.11. The third-order valence-electron chi connectivity index (χ3n) is 1.88. The van der Waals surface area contributed by atoms with Gasteiger partial charge in [0.15, 0.2) is 0 Å². The molecular formula is C10H6F3NO3S. The van der Waals surface area contributed by atoms with Crippen LogP contribution < -0.4 is 0 Å². The Morgan fingerprint density at radius 1 is 1.50 bits per heavy atom. The maximum Gasteiger partial charge on any atom is 0.446 e. The number of nitriles is 1. The van der Waals surface area contributed by atoms with Gasteiger partial charge in [-0.1, -0.05) is 0 Å². The van der Waals surface area contributed by atoms with Crippen LogP contribution >= 0.6 is 11.8 Å². The predicted molar refractivity (Wildman–Crippen MR) is 56.1 cm³/mol. The lowest BCUT2D eigenvalue weighted by molar-refractivity contribution is -0.0328. The van der Waals surface area contributed by atoms with Crippen LogP contribution in [-0.4, -0.2) is 23.7 Å². The molecular weight excluding hydrogens is 271 g/mol. The summed E-state index contributed by atoms with van der Waals surface area (Å²) in [7, 11) is 0.961. The van der Waals surface area contributed by atoms with Crippen LogP contribution in [0.4, 0.5) is 13.2 Å². The van der Waals surface area contributed by atoms with Gasteiger partial charge in [0.2, 0.25) is 0 Å². The van der Waals surface area contributed by atoms with Crippen molar-refractivity contribution in [1.82, 2.24) is 0 Å². The molecule has 0 radical (unpaired) electrons. The zero-order valence-corrected chi connectivity index (χ0v) is 9.72. The first-order valence-electron chi connectivity index (χ1n) is 4.40. The van der Waals surface area contributed by atoms with E-state index in [0.29, 0.717) is 0 Å². The van der Waals surface area contributed by atoms with Crippen molar-refractivity contribution in [3.05, 3.63) is 23.3 Å². The fraction of sp³-hybridized carbons (Fsp3) is 0.200. The molecule has 96 valence electrons. The van der Waals surface area contributed by atoms with Gasteiger partial charge >= 0.3 is 11.5 Å². The lowest BCUT2D eigenvalue weighted by atomic mass is 10.1. The molecule has 0 aliphatic carbocycles. The predicted octanol–water partition coefficient (Wildman–Crippen LogP) is 2.66. The molecule has 1 rings (SSSR count). The van der Waals surface area contributed by atoms with Crippen LogP contribution in [0.25, 0.3) is 0 Å². The fourth-order valence-electron chi connectivity index (χ4n) is 1.17. The first kappa shape index (κ1) is 14.2. The zero-order valence-electron chi connectivity index (χ0n) is 8.91.